The second-order valence-corrected chi connectivity index (χ2v) is 7.74. The smallest absolute Gasteiger partial charge is 0.338 e. The van der Waals surface area contributed by atoms with Crippen molar-refractivity contribution in [2.24, 2.45) is 0 Å². The molecule has 0 atom stereocenters. The van der Waals surface area contributed by atoms with Gasteiger partial charge < -0.3 is 14.6 Å². The molecule has 1 N–H and O–H groups in total. The summed E-state index contributed by atoms with van der Waals surface area (Å²) in [6.45, 7) is 5.60. The normalized spacial score (nSPS) is 10.6. The lowest BCUT2D eigenvalue weighted by molar-refractivity contribution is -0.114. The number of carbonyl (C=O) groups is 3. The molecule has 0 aliphatic heterocycles. The summed E-state index contributed by atoms with van der Waals surface area (Å²) in [7, 11) is 0. The van der Waals surface area contributed by atoms with Gasteiger partial charge in [0.2, 0.25) is 11.7 Å². The molecule has 0 fully saturated rings. The number of aryl methyl sites for hydroxylation is 1. The van der Waals surface area contributed by atoms with E-state index in [1.807, 2.05) is 31.4 Å². The lowest BCUT2D eigenvalue weighted by atomic mass is 10.1. The van der Waals surface area contributed by atoms with Crippen LogP contribution in [-0.4, -0.2) is 28.8 Å². The summed E-state index contributed by atoms with van der Waals surface area (Å²) in [5.41, 5.74) is 3.15. The van der Waals surface area contributed by atoms with Crippen LogP contribution in [0.4, 0.5) is 5.69 Å². The summed E-state index contributed by atoms with van der Waals surface area (Å²) < 4.78 is 7.29. The van der Waals surface area contributed by atoms with Crippen molar-refractivity contribution >= 4 is 34.7 Å². The van der Waals surface area contributed by atoms with Crippen LogP contribution in [0.15, 0.2) is 47.8 Å². The predicted molar refractivity (Wildman–Crippen MR) is 113 cm³/mol. The van der Waals surface area contributed by atoms with Crippen LogP contribution in [0.3, 0.4) is 0 Å². The van der Waals surface area contributed by atoms with E-state index >= 15 is 0 Å². The Balaban J connectivity index is 1.66. The lowest BCUT2D eigenvalue weighted by Crippen LogP contribution is -2.15. The van der Waals surface area contributed by atoms with Crippen molar-refractivity contribution in [2.45, 2.75) is 27.3 Å². The van der Waals surface area contributed by atoms with Crippen molar-refractivity contribution in [1.29, 1.82) is 0 Å². The van der Waals surface area contributed by atoms with Crippen LogP contribution in [0.5, 0.6) is 0 Å². The second kappa shape index (κ2) is 8.87. The van der Waals surface area contributed by atoms with Gasteiger partial charge in [-0.1, -0.05) is 12.1 Å². The SMILES string of the molecule is CC(=O)Nc1cccc(C(=O)OCC(=O)c2cc(C)n(Cc3cccs3)c2C)c1. The van der Waals surface area contributed by atoms with E-state index in [0.29, 0.717) is 17.8 Å². The predicted octanol–water partition coefficient (Wildman–Crippen LogP) is 4.21. The number of thiophene rings is 1. The van der Waals surface area contributed by atoms with E-state index < -0.39 is 5.97 Å². The van der Waals surface area contributed by atoms with Gasteiger partial charge in [0.1, 0.15) is 0 Å². The summed E-state index contributed by atoms with van der Waals surface area (Å²) in [5, 5.41) is 4.63. The number of hydrogen-bond donors (Lipinski definition) is 1. The molecule has 6 nitrogen and oxygen atoms in total. The molecule has 0 unspecified atom stereocenters. The number of esters is 1. The summed E-state index contributed by atoms with van der Waals surface area (Å²) >= 11 is 1.67. The maximum atomic E-state index is 12.6. The highest BCUT2D eigenvalue weighted by Gasteiger charge is 2.18. The molecule has 0 bridgehead atoms. The minimum atomic E-state index is -0.613. The third-order valence-electron chi connectivity index (χ3n) is 4.52. The van der Waals surface area contributed by atoms with Gasteiger partial charge in [-0.15, -0.1) is 11.3 Å². The molecule has 2 heterocycles. The molecule has 29 heavy (non-hydrogen) atoms. The van der Waals surface area contributed by atoms with Crippen LogP contribution >= 0.6 is 11.3 Å². The highest BCUT2D eigenvalue weighted by Crippen LogP contribution is 2.20. The van der Waals surface area contributed by atoms with Gasteiger partial charge in [-0.3, -0.25) is 9.59 Å². The summed E-state index contributed by atoms with van der Waals surface area (Å²) in [6.07, 6.45) is 0. The first-order valence-corrected chi connectivity index (χ1v) is 10.00. The molecular formula is C22H22N2O4S. The van der Waals surface area contributed by atoms with E-state index in [4.69, 9.17) is 4.74 Å². The topological polar surface area (TPSA) is 77.4 Å². The van der Waals surface area contributed by atoms with Crippen LogP contribution in [-0.2, 0) is 16.1 Å². The number of aromatic nitrogens is 1. The van der Waals surface area contributed by atoms with Crippen LogP contribution in [0.2, 0.25) is 0 Å². The molecule has 0 saturated heterocycles. The molecule has 1 aromatic carbocycles. The number of Topliss-reactive ketones (excluding diaryl/α,β-unsaturated/α-hetero) is 1. The Hall–Kier alpha value is -3.19. The Morgan fingerprint density at radius 2 is 1.90 bits per heavy atom. The number of rotatable bonds is 7. The zero-order chi connectivity index (χ0) is 21.0. The van der Waals surface area contributed by atoms with Gasteiger partial charge in [0.15, 0.2) is 6.61 Å². The molecular weight excluding hydrogens is 388 g/mol. The molecule has 0 radical (unpaired) electrons. The molecule has 7 heteroatoms. The standard InChI is InChI=1S/C22H22N2O4S/c1-14-10-20(15(2)24(14)12-19-8-5-9-29-19)21(26)13-28-22(27)17-6-4-7-18(11-17)23-16(3)25/h4-11H,12-13H2,1-3H3,(H,23,25). The Bertz CT molecular complexity index is 1050. The monoisotopic (exact) mass is 410 g/mol. The van der Waals surface area contributed by atoms with Gasteiger partial charge in [-0.2, -0.15) is 0 Å². The first kappa shape index (κ1) is 20.5. The molecule has 0 spiro atoms. The van der Waals surface area contributed by atoms with Crippen molar-refractivity contribution in [3.05, 3.63) is 75.2 Å². The van der Waals surface area contributed by atoms with E-state index in [1.54, 1.807) is 29.5 Å². The van der Waals surface area contributed by atoms with Crippen molar-refractivity contribution in [3.8, 4) is 0 Å². The first-order chi connectivity index (χ1) is 13.8. The molecule has 150 valence electrons. The van der Waals surface area contributed by atoms with Crippen molar-refractivity contribution < 1.29 is 19.1 Å². The molecule has 2 aromatic heterocycles. The van der Waals surface area contributed by atoms with Crippen LogP contribution in [0.25, 0.3) is 0 Å². The Morgan fingerprint density at radius 3 is 2.59 bits per heavy atom. The van der Waals surface area contributed by atoms with Crippen molar-refractivity contribution in [3.63, 3.8) is 0 Å². The fourth-order valence-corrected chi connectivity index (χ4v) is 3.80. The van der Waals surface area contributed by atoms with Crippen molar-refractivity contribution in [2.75, 3.05) is 11.9 Å². The van der Waals surface area contributed by atoms with E-state index in [2.05, 4.69) is 16.0 Å². The maximum absolute atomic E-state index is 12.6. The third-order valence-corrected chi connectivity index (χ3v) is 5.38. The minimum Gasteiger partial charge on any atom is -0.454 e. The molecule has 0 saturated carbocycles. The highest BCUT2D eigenvalue weighted by atomic mass is 32.1. The largest absolute Gasteiger partial charge is 0.454 e. The molecule has 1 amide bonds. The highest BCUT2D eigenvalue weighted by molar-refractivity contribution is 7.09. The van der Waals surface area contributed by atoms with Crippen molar-refractivity contribution in [1.82, 2.24) is 4.57 Å². The van der Waals surface area contributed by atoms with Gasteiger partial charge in [0.25, 0.3) is 0 Å². The van der Waals surface area contributed by atoms with E-state index in [9.17, 15) is 14.4 Å². The fraction of sp³-hybridized carbons (Fsp3) is 0.227. The van der Waals surface area contributed by atoms with E-state index in [0.717, 1.165) is 11.4 Å². The number of amides is 1. The van der Waals surface area contributed by atoms with Crippen LogP contribution in [0.1, 0.15) is 43.9 Å². The summed E-state index contributed by atoms with van der Waals surface area (Å²) in [6, 6.07) is 12.3. The zero-order valence-electron chi connectivity index (χ0n) is 16.5. The van der Waals surface area contributed by atoms with Gasteiger partial charge in [-0.05, 0) is 49.6 Å². The number of carbonyl (C=O) groups excluding carboxylic acids is 3. The number of nitrogens with one attached hydrogen (secondary N) is 1. The molecule has 0 aliphatic carbocycles. The molecule has 0 aliphatic rings. The van der Waals surface area contributed by atoms with E-state index in [1.165, 1.54) is 17.9 Å². The maximum Gasteiger partial charge on any atom is 0.338 e. The van der Waals surface area contributed by atoms with Gasteiger partial charge in [0, 0.05) is 34.4 Å². The lowest BCUT2D eigenvalue weighted by Gasteiger charge is -2.09. The second-order valence-electron chi connectivity index (χ2n) is 6.71. The van der Waals surface area contributed by atoms with Crippen LogP contribution < -0.4 is 5.32 Å². The zero-order valence-corrected chi connectivity index (χ0v) is 17.3. The number of hydrogen-bond acceptors (Lipinski definition) is 5. The Morgan fingerprint density at radius 1 is 1.10 bits per heavy atom. The number of benzene rings is 1. The van der Waals surface area contributed by atoms with Gasteiger partial charge >= 0.3 is 5.97 Å². The number of anilines is 1. The Kier molecular flexibility index (Phi) is 6.29. The fourth-order valence-electron chi connectivity index (χ4n) is 3.10. The quantitative estimate of drug-likeness (QED) is 0.467. The average Bonchev–Trinajstić information content (AvgIpc) is 3.29. The minimum absolute atomic E-state index is 0.233. The Labute approximate surface area is 173 Å². The average molecular weight is 410 g/mol. The third kappa shape index (κ3) is 5.00. The number of ether oxygens (including phenoxy) is 1. The first-order valence-electron chi connectivity index (χ1n) is 9.12. The van der Waals surface area contributed by atoms with Gasteiger partial charge in [-0.25, -0.2) is 4.79 Å². The number of nitrogens with zero attached hydrogens (tertiary/aromatic N) is 1. The van der Waals surface area contributed by atoms with Crippen LogP contribution in [0, 0.1) is 13.8 Å². The van der Waals surface area contributed by atoms with E-state index in [-0.39, 0.29) is 23.9 Å². The summed E-state index contributed by atoms with van der Waals surface area (Å²) in [5.74, 6) is -1.09. The molecule has 3 aromatic rings. The number of ketones is 1. The molecule has 3 rings (SSSR count). The van der Waals surface area contributed by atoms with Gasteiger partial charge in [0.05, 0.1) is 12.1 Å². The summed E-state index contributed by atoms with van der Waals surface area (Å²) in [4.78, 5) is 37.3.